The summed E-state index contributed by atoms with van der Waals surface area (Å²) in [6.45, 7) is 2.57. The van der Waals surface area contributed by atoms with Gasteiger partial charge in [-0.2, -0.15) is 0 Å². The Bertz CT molecular complexity index is 1200. The molecule has 0 N–H and O–H groups in total. The molecule has 174 valence electrons. The third kappa shape index (κ3) is 4.47. The zero-order chi connectivity index (χ0) is 23.5. The Labute approximate surface area is 204 Å². The van der Waals surface area contributed by atoms with Gasteiger partial charge in [0.2, 0.25) is 0 Å². The van der Waals surface area contributed by atoms with E-state index in [0.29, 0.717) is 12.0 Å². The van der Waals surface area contributed by atoms with Crippen molar-refractivity contribution in [2.24, 2.45) is 0 Å². The van der Waals surface area contributed by atoms with E-state index in [9.17, 15) is 14.0 Å². The number of carbonyl (C=O) groups is 2. The van der Waals surface area contributed by atoms with Crippen molar-refractivity contribution in [3.8, 4) is 0 Å². The highest BCUT2D eigenvalue weighted by Gasteiger charge is 2.46. The molecule has 3 aromatic rings. The van der Waals surface area contributed by atoms with Crippen LogP contribution in [0.3, 0.4) is 0 Å². The Hall–Kier alpha value is -2.76. The standard InChI is InChI=1S/C29H28FNO2S/c30-22-13-14-26-23(20-22)28(33)29(24-10-4-5-12-27(24)34-26)15-18-31(19-16-29)17-7-6-11-25(32)21-8-2-1-3-9-21/h1-5,8-10,12-14,20H,6-7,11,15-19H2. The molecular weight excluding hydrogens is 445 g/mol. The molecule has 1 saturated heterocycles. The number of piperidine rings is 1. The number of Topliss-reactive ketones (excluding diaryl/α,β-unsaturated/α-hetero) is 2. The molecule has 2 aliphatic rings. The van der Waals surface area contributed by atoms with Crippen LogP contribution in [0.5, 0.6) is 0 Å². The van der Waals surface area contributed by atoms with Crippen LogP contribution in [-0.2, 0) is 5.41 Å². The molecule has 0 aliphatic carbocycles. The zero-order valence-corrected chi connectivity index (χ0v) is 20.0. The van der Waals surface area contributed by atoms with E-state index in [0.717, 1.165) is 66.2 Å². The van der Waals surface area contributed by atoms with Gasteiger partial charge in [0, 0.05) is 27.3 Å². The number of hydrogen-bond donors (Lipinski definition) is 0. The van der Waals surface area contributed by atoms with Gasteiger partial charge in [0.15, 0.2) is 11.6 Å². The summed E-state index contributed by atoms with van der Waals surface area (Å²) in [5.74, 6) is -0.119. The average molecular weight is 474 g/mol. The van der Waals surface area contributed by atoms with E-state index < -0.39 is 5.41 Å². The number of rotatable bonds is 6. The number of fused-ring (bicyclic) bond motifs is 3. The molecule has 1 spiro atoms. The molecule has 1 fully saturated rings. The minimum atomic E-state index is -0.609. The van der Waals surface area contributed by atoms with Crippen molar-refractivity contribution in [2.45, 2.75) is 47.3 Å². The molecule has 0 unspecified atom stereocenters. The first kappa shape index (κ1) is 23.0. The monoisotopic (exact) mass is 473 g/mol. The van der Waals surface area contributed by atoms with Crippen molar-refractivity contribution in [1.82, 2.24) is 4.90 Å². The second-order valence-corrected chi connectivity index (χ2v) is 10.3. The van der Waals surface area contributed by atoms with Crippen LogP contribution in [0.1, 0.15) is 58.4 Å². The third-order valence-electron chi connectivity index (χ3n) is 7.18. The summed E-state index contributed by atoms with van der Waals surface area (Å²) in [6.07, 6.45) is 3.83. The molecule has 0 aromatic heterocycles. The Morgan fingerprint density at radius 1 is 0.912 bits per heavy atom. The molecule has 0 bridgehead atoms. The third-order valence-corrected chi connectivity index (χ3v) is 8.33. The van der Waals surface area contributed by atoms with Gasteiger partial charge in [-0.15, -0.1) is 0 Å². The summed E-state index contributed by atoms with van der Waals surface area (Å²) >= 11 is 1.57. The maximum absolute atomic E-state index is 14.1. The van der Waals surface area contributed by atoms with E-state index in [-0.39, 0.29) is 17.4 Å². The molecule has 2 aliphatic heterocycles. The van der Waals surface area contributed by atoms with E-state index in [2.05, 4.69) is 17.0 Å². The van der Waals surface area contributed by atoms with Gasteiger partial charge in [-0.3, -0.25) is 9.59 Å². The number of carbonyl (C=O) groups excluding carboxylic acids is 2. The highest BCUT2D eigenvalue weighted by atomic mass is 32.2. The topological polar surface area (TPSA) is 37.4 Å². The van der Waals surface area contributed by atoms with Gasteiger partial charge in [0.1, 0.15) is 5.82 Å². The van der Waals surface area contributed by atoms with Crippen LogP contribution in [0.15, 0.2) is 82.6 Å². The summed E-state index contributed by atoms with van der Waals surface area (Å²) in [5, 5.41) is 0. The van der Waals surface area contributed by atoms with Crippen LogP contribution in [0, 0.1) is 5.82 Å². The number of nitrogens with zero attached hydrogens (tertiary/aromatic N) is 1. The fraction of sp³-hybridized carbons (Fsp3) is 0.310. The maximum Gasteiger partial charge on any atom is 0.174 e. The number of benzene rings is 3. The van der Waals surface area contributed by atoms with Gasteiger partial charge < -0.3 is 4.90 Å². The predicted molar refractivity (Wildman–Crippen MR) is 133 cm³/mol. The van der Waals surface area contributed by atoms with E-state index in [1.54, 1.807) is 17.8 Å². The van der Waals surface area contributed by atoms with E-state index in [4.69, 9.17) is 0 Å². The van der Waals surface area contributed by atoms with E-state index in [1.807, 2.05) is 42.5 Å². The van der Waals surface area contributed by atoms with Crippen LogP contribution < -0.4 is 0 Å². The first-order valence-electron chi connectivity index (χ1n) is 12.0. The highest BCUT2D eigenvalue weighted by molar-refractivity contribution is 7.99. The average Bonchev–Trinajstić information content (AvgIpc) is 2.97. The van der Waals surface area contributed by atoms with Crippen LogP contribution in [0.2, 0.25) is 0 Å². The van der Waals surface area contributed by atoms with Crippen LogP contribution in [0.4, 0.5) is 4.39 Å². The number of halogens is 1. The number of likely N-dealkylation sites (tertiary alicyclic amines) is 1. The smallest absolute Gasteiger partial charge is 0.174 e. The van der Waals surface area contributed by atoms with Crippen LogP contribution in [-0.4, -0.2) is 36.1 Å². The lowest BCUT2D eigenvalue weighted by atomic mass is 9.68. The molecule has 0 saturated carbocycles. The lowest BCUT2D eigenvalue weighted by Gasteiger charge is -2.41. The van der Waals surface area contributed by atoms with Crippen molar-refractivity contribution in [3.05, 3.63) is 95.3 Å². The lowest BCUT2D eigenvalue weighted by Crippen LogP contribution is -2.47. The molecule has 0 atom stereocenters. The Morgan fingerprint density at radius 3 is 2.44 bits per heavy atom. The van der Waals surface area contributed by atoms with Gasteiger partial charge in [-0.1, -0.05) is 60.3 Å². The van der Waals surface area contributed by atoms with Crippen molar-refractivity contribution < 1.29 is 14.0 Å². The van der Waals surface area contributed by atoms with Gasteiger partial charge in [-0.25, -0.2) is 4.39 Å². The first-order chi connectivity index (χ1) is 16.6. The van der Waals surface area contributed by atoms with Crippen molar-refractivity contribution in [2.75, 3.05) is 19.6 Å². The molecule has 3 nitrogen and oxygen atoms in total. The van der Waals surface area contributed by atoms with E-state index in [1.165, 1.54) is 12.1 Å². The molecule has 5 rings (SSSR count). The molecule has 2 heterocycles. The Balaban J connectivity index is 1.26. The molecule has 0 radical (unpaired) electrons. The molecular formula is C29H28FNO2S. The minimum Gasteiger partial charge on any atom is -0.303 e. The van der Waals surface area contributed by atoms with Crippen LogP contribution >= 0.6 is 11.8 Å². The Kier molecular flexibility index (Phi) is 6.66. The zero-order valence-electron chi connectivity index (χ0n) is 19.1. The second kappa shape index (κ2) is 9.85. The maximum atomic E-state index is 14.1. The van der Waals surface area contributed by atoms with Gasteiger partial charge in [0.05, 0.1) is 5.41 Å². The summed E-state index contributed by atoms with van der Waals surface area (Å²) in [5.41, 5.74) is 1.76. The second-order valence-electron chi connectivity index (χ2n) is 9.24. The van der Waals surface area contributed by atoms with Crippen molar-refractivity contribution >= 4 is 23.3 Å². The summed E-state index contributed by atoms with van der Waals surface area (Å²) in [4.78, 5) is 30.5. The van der Waals surface area contributed by atoms with Gasteiger partial charge >= 0.3 is 0 Å². The molecule has 5 heteroatoms. The minimum absolute atomic E-state index is 0.0487. The van der Waals surface area contributed by atoms with Crippen molar-refractivity contribution in [1.29, 1.82) is 0 Å². The predicted octanol–water partition coefficient (Wildman–Crippen LogP) is 6.56. The van der Waals surface area contributed by atoms with Crippen LogP contribution in [0.25, 0.3) is 0 Å². The molecule has 3 aromatic carbocycles. The number of unbranched alkanes of at least 4 members (excludes halogenated alkanes) is 1. The highest BCUT2D eigenvalue weighted by Crippen LogP contribution is 2.48. The molecule has 0 amide bonds. The first-order valence-corrected chi connectivity index (χ1v) is 12.8. The van der Waals surface area contributed by atoms with Gasteiger partial charge in [-0.05, 0) is 75.1 Å². The fourth-order valence-electron chi connectivity index (χ4n) is 5.26. The van der Waals surface area contributed by atoms with Gasteiger partial charge in [0.25, 0.3) is 0 Å². The molecule has 34 heavy (non-hydrogen) atoms. The quantitative estimate of drug-likeness (QED) is 0.300. The fourth-order valence-corrected chi connectivity index (χ4v) is 6.42. The van der Waals surface area contributed by atoms with Crippen molar-refractivity contribution in [3.63, 3.8) is 0 Å². The summed E-state index contributed by atoms with van der Waals surface area (Å²) in [7, 11) is 0. The SMILES string of the molecule is O=C(CCCCN1CCC2(CC1)C(=O)c1cc(F)ccc1Sc1ccccc12)c1ccccc1. The largest absolute Gasteiger partial charge is 0.303 e. The Morgan fingerprint density at radius 2 is 1.65 bits per heavy atom. The summed E-state index contributed by atoms with van der Waals surface area (Å²) < 4.78 is 14.1. The number of hydrogen-bond acceptors (Lipinski definition) is 4. The van der Waals surface area contributed by atoms with E-state index >= 15 is 0 Å². The summed E-state index contributed by atoms with van der Waals surface area (Å²) in [6, 6.07) is 22.2. The normalized spacial score (nSPS) is 17.1. The number of ketones is 2. The lowest BCUT2D eigenvalue weighted by molar-refractivity contribution is 0.0761.